The second kappa shape index (κ2) is 3.34. The molecule has 0 N–H and O–H groups in total. The van der Waals surface area contributed by atoms with Gasteiger partial charge in [-0.15, -0.1) is 17.7 Å². The van der Waals surface area contributed by atoms with Crippen molar-refractivity contribution >= 4 is 12.6 Å². The molecule has 0 amide bonds. The molecule has 76 valence electrons. The first-order valence-corrected chi connectivity index (χ1v) is 5.34. The van der Waals surface area contributed by atoms with Crippen LogP contribution in [-0.2, 0) is 0 Å². The average molecular weight is 218 g/mol. The summed E-state index contributed by atoms with van der Waals surface area (Å²) in [7, 11) is 0. The molecule has 2 aromatic rings. The molecule has 5 heteroatoms. The van der Waals surface area contributed by atoms with Crippen molar-refractivity contribution in [1.29, 1.82) is 0 Å². The summed E-state index contributed by atoms with van der Waals surface area (Å²) in [4.78, 5) is 9.34. The van der Waals surface area contributed by atoms with Crippen molar-refractivity contribution in [3.05, 3.63) is 30.5 Å². The molecule has 4 nitrogen and oxygen atoms in total. The Kier molecular flexibility index (Phi) is 1.98. The Morgan fingerprint density at radius 3 is 2.80 bits per heavy atom. The smallest absolute Gasteiger partial charge is 0.155 e. The van der Waals surface area contributed by atoms with Gasteiger partial charge >= 0.3 is 0 Å². The van der Waals surface area contributed by atoms with Gasteiger partial charge in [-0.2, -0.15) is 0 Å². The molecule has 0 aromatic carbocycles. The van der Waals surface area contributed by atoms with Crippen LogP contribution in [0.5, 0.6) is 0 Å². The van der Waals surface area contributed by atoms with Crippen molar-refractivity contribution in [3.8, 4) is 5.82 Å². The Morgan fingerprint density at radius 2 is 2.13 bits per heavy atom. The number of rotatable bonds is 2. The minimum absolute atomic E-state index is 0.579. The minimum atomic E-state index is 0.579. The van der Waals surface area contributed by atoms with Crippen LogP contribution in [0, 0.1) is 0 Å². The topological polar surface area (TPSA) is 43.6 Å². The van der Waals surface area contributed by atoms with Gasteiger partial charge in [0.05, 0.1) is 0 Å². The third kappa shape index (κ3) is 1.74. The van der Waals surface area contributed by atoms with Crippen LogP contribution in [0.15, 0.2) is 29.6 Å². The van der Waals surface area contributed by atoms with Crippen molar-refractivity contribution in [2.24, 2.45) is 0 Å². The van der Waals surface area contributed by atoms with Crippen LogP contribution in [0.1, 0.15) is 24.6 Å². The van der Waals surface area contributed by atoms with Crippen LogP contribution >= 0.6 is 12.6 Å². The average Bonchev–Trinajstić information content (AvgIpc) is 2.99. The van der Waals surface area contributed by atoms with Crippen LogP contribution in [0.4, 0.5) is 0 Å². The Morgan fingerprint density at radius 1 is 1.27 bits per heavy atom. The molecule has 15 heavy (non-hydrogen) atoms. The summed E-state index contributed by atoms with van der Waals surface area (Å²) >= 11 is 4.18. The standard InChI is InChI=1S/C10H10N4S/c15-8-3-4-9(11-5-8)14-6-12-10(13-14)7-1-2-7/h3-7,15H,1-2H2. The van der Waals surface area contributed by atoms with Gasteiger partial charge in [0.25, 0.3) is 0 Å². The molecule has 1 saturated carbocycles. The molecule has 0 radical (unpaired) electrons. The summed E-state index contributed by atoms with van der Waals surface area (Å²) in [5.74, 6) is 2.30. The van der Waals surface area contributed by atoms with Gasteiger partial charge < -0.3 is 0 Å². The fraction of sp³-hybridized carbons (Fsp3) is 0.300. The van der Waals surface area contributed by atoms with Gasteiger partial charge in [-0.3, -0.25) is 0 Å². The summed E-state index contributed by atoms with van der Waals surface area (Å²) < 4.78 is 1.71. The van der Waals surface area contributed by atoms with Crippen molar-refractivity contribution in [3.63, 3.8) is 0 Å². The number of nitrogens with zero attached hydrogens (tertiary/aromatic N) is 4. The first-order chi connectivity index (χ1) is 7.33. The Hall–Kier alpha value is -1.36. The van der Waals surface area contributed by atoms with E-state index in [0.29, 0.717) is 5.92 Å². The largest absolute Gasteiger partial charge is 0.236 e. The second-order valence-electron chi connectivity index (χ2n) is 3.70. The normalized spacial score (nSPS) is 15.5. The molecule has 3 rings (SSSR count). The molecular formula is C10H10N4S. The van der Waals surface area contributed by atoms with E-state index in [1.54, 1.807) is 17.2 Å². The third-order valence-electron chi connectivity index (χ3n) is 2.42. The number of pyridine rings is 1. The molecule has 2 aromatic heterocycles. The maximum atomic E-state index is 4.39. The van der Waals surface area contributed by atoms with E-state index in [1.165, 1.54) is 12.8 Å². The van der Waals surface area contributed by atoms with Crippen molar-refractivity contribution in [1.82, 2.24) is 19.7 Å². The van der Waals surface area contributed by atoms with Gasteiger partial charge in [-0.1, -0.05) is 0 Å². The van der Waals surface area contributed by atoms with E-state index in [1.807, 2.05) is 12.1 Å². The monoisotopic (exact) mass is 218 g/mol. The van der Waals surface area contributed by atoms with Crippen molar-refractivity contribution < 1.29 is 0 Å². The van der Waals surface area contributed by atoms with Gasteiger partial charge in [-0.25, -0.2) is 14.6 Å². The van der Waals surface area contributed by atoms with Crippen LogP contribution in [0.3, 0.4) is 0 Å². The predicted molar refractivity (Wildman–Crippen MR) is 58.4 cm³/mol. The van der Waals surface area contributed by atoms with E-state index < -0.39 is 0 Å². The van der Waals surface area contributed by atoms with Crippen LogP contribution in [0.2, 0.25) is 0 Å². The number of aromatic nitrogens is 4. The fourth-order valence-corrected chi connectivity index (χ4v) is 1.56. The molecule has 0 unspecified atom stereocenters. The van der Waals surface area contributed by atoms with E-state index in [9.17, 15) is 0 Å². The SMILES string of the molecule is Sc1ccc(-n2cnc(C3CC3)n2)nc1. The lowest BCUT2D eigenvalue weighted by atomic mass is 10.4. The van der Waals surface area contributed by atoms with Gasteiger partial charge in [0, 0.05) is 17.0 Å². The van der Waals surface area contributed by atoms with E-state index >= 15 is 0 Å². The number of hydrogen-bond donors (Lipinski definition) is 1. The Balaban J connectivity index is 1.93. The van der Waals surface area contributed by atoms with E-state index in [0.717, 1.165) is 16.5 Å². The lowest BCUT2D eigenvalue weighted by molar-refractivity contribution is 0.809. The zero-order valence-corrected chi connectivity index (χ0v) is 8.93. The molecule has 1 fully saturated rings. The first-order valence-electron chi connectivity index (χ1n) is 4.90. The van der Waals surface area contributed by atoms with Crippen LogP contribution < -0.4 is 0 Å². The van der Waals surface area contributed by atoms with E-state index in [2.05, 4.69) is 27.7 Å². The molecule has 0 saturated heterocycles. The quantitative estimate of drug-likeness (QED) is 0.782. The Labute approximate surface area is 92.8 Å². The van der Waals surface area contributed by atoms with Crippen LogP contribution in [-0.4, -0.2) is 19.7 Å². The van der Waals surface area contributed by atoms with Crippen LogP contribution in [0.25, 0.3) is 5.82 Å². The zero-order chi connectivity index (χ0) is 10.3. The van der Waals surface area contributed by atoms with Crippen molar-refractivity contribution in [2.75, 3.05) is 0 Å². The highest BCUT2D eigenvalue weighted by Gasteiger charge is 2.27. The molecule has 0 aliphatic heterocycles. The summed E-state index contributed by atoms with van der Waals surface area (Å²) in [6.45, 7) is 0. The summed E-state index contributed by atoms with van der Waals surface area (Å²) in [6.07, 6.45) is 5.85. The highest BCUT2D eigenvalue weighted by Crippen LogP contribution is 2.37. The molecule has 0 atom stereocenters. The van der Waals surface area contributed by atoms with E-state index in [-0.39, 0.29) is 0 Å². The summed E-state index contributed by atoms with van der Waals surface area (Å²) in [5.41, 5.74) is 0. The number of thiol groups is 1. The molecule has 0 bridgehead atoms. The van der Waals surface area contributed by atoms with Gasteiger partial charge in [0.15, 0.2) is 11.6 Å². The summed E-state index contributed by atoms with van der Waals surface area (Å²) in [5, 5.41) is 4.39. The fourth-order valence-electron chi connectivity index (χ4n) is 1.43. The van der Waals surface area contributed by atoms with Gasteiger partial charge in [-0.05, 0) is 25.0 Å². The predicted octanol–water partition coefficient (Wildman–Crippen LogP) is 1.83. The Bertz CT molecular complexity index is 472. The zero-order valence-electron chi connectivity index (χ0n) is 8.04. The van der Waals surface area contributed by atoms with E-state index in [4.69, 9.17) is 0 Å². The lowest BCUT2D eigenvalue weighted by Gasteiger charge is -1.98. The van der Waals surface area contributed by atoms with Crippen molar-refractivity contribution in [2.45, 2.75) is 23.7 Å². The second-order valence-corrected chi connectivity index (χ2v) is 4.21. The highest BCUT2D eigenvalue weighted by atomic mass is 32.1. The third-order valence-corrected chi connectivity index (χ3v) is 2.68. The summed E-state index contributed by atoms with van der Waals surface area (Å²) in [6, 6.07) is 3.78. The maximum Gasteiger partial charge on any atom is 0.155 e. The van der Waals surface area contributed by atoms with Gasteiger partial charge in [0.2, 0.25) is 0 Å². The lowest BCUT2D eigenvalue weighted by Crippen LogP contribution is -1.98. The highest BCUT2D eigenvalue weighted by molar-refractivity contribution is 7.80. The minimum Gasteiger partial charge on any atom is -0.236 e. The molecule has 2 heterocycles. The first kappa shape index (κ1) is 8.91. The molecule has 0 spiro atoms. The number of hydrogen-bond acceptors (Lipinski definition) is 4. The molecule has 1 aliphatic rings. The molecular weight excluding hydrogens is 208 g/mol. The maximum absolute atomic E-state index is 4.39. The van der Waals surface area contributed by atoms with Gasteiger partial charge in [0.1, 0.15) is 6.33 Å². The molecule has 1 aliphatic carbocycles.